The van der Waals surface area contributed by atoms with E-state index >= 15 is 0 Å². The fourth-order valence-electron chi connectivity index (χ4n) is 2.68. The molecule has 118 valence electrons. The van der Waals surface area contributed by atoms with Gasteiger partial charge in [0.15, 0.2) is 5.96 Å². The molecule has 1 aliphatic rings. The minimum atomic E-state index is 0.411. The molecule has 21 heavy (non-hydrogen) atoms. The summed E-state index contributed by atoms with van der Waals surface area (Å²) in [6, 6.07) is 2.13. The van der Waals surface area contributed by atoms with Crippen molar-refractivity contribution in [3.63, 3.8) is 0 Å². The standard InChI is InChI=1S/C16H27N3OS/c1-3-17-15(18-11-14-5-10-21-12-14)19-13-16(6-4-7-16)8-9-20-2/h5,10,12H,3-4,6-9,11,13H2,1-2H3,(H2,17,18,19). The van der Waals surface area contributed by atoms with Gasteiger partial charge in [0, 0.05) is 26.8 Å². The minimum Gasteiger partial charge on any atom is -0.385 e. The quantitative estimate of drug-likeness (QED) is 0.573. The van der Waals surface area contributed by atoms with Crippen molar-refractivity contribution in [2.24, 2.45) is 10.4 Å². The summed E-state index contributed by atoms with van der Waals surface area (Å²) in [7, 11) is 1.78. The molecule has 1 aromatic heterocycles. The van der Waals surface area contributed by atoms with E-state index < -0.39 is 0 Å². The third-order valence-electron chi connectivity index (χ3n) is 4.23. The van der Waals surface area contributed by atoms with E-state index in [-0.39, 0.29) is 0 Å². The van der Waals surface area contributed by atoms with Gasteiger partial charge >= 0.3 is 0 Å². The molecule has 2 rings (SSSR count). The van der Waals surface area contributed by atoms with Crippen molar-refractivity contribution < 1.29 is 4.74 Å². The first-order valence-electron chi connectivity index (χ1n) is 7.80. The number of nitrogens with zero attached hydrogens (tertiary/aromatic N) is 1. The predicted molar refractivity (Wildman–Crippen MR) is 89.9 cm³/mol. The van der Waals surface area contributed by atoms with Crippen molar-refractivity contribution in [3.8, 4) is 0 Å². The van der Waals surface area contributed by atoms with Gasteiger partial charge in [-0.2, -0.15) is 11.3 Å². The maximum atomic E-state index is 5.25. The Morgan fingerprint density at radius 3 is 2.86 bits per heavy atom. The lowest BCUT2D eigenvalue weighted by atomic mass is 9.67. The van der Waals surface area contributed by atoms with Crippen LogP contribution in [0.5, 0.6) is 0 Å². The highest BCUT2D eigenvalue weighted by Gasteiger charge is 2.36. The maximum Gasteiger partial charge on any atom is 0.191 e. The molecule has 0 unspecified atom stereocenters. The summed E-state index contributed by atoms with van der Waals surface area (Å²) in [6.07, 6.45) is 5.08. The Morgan fingerprint density at radius 1 is 1.43 bits per heavy atom. The first-order valence-corrected chi connectivity index (χ1v) is 8.74. The zero-order valence-electron chi connectivity index (χ0n) is 13.2. The SMILES string of the molecule is CCNC(=NCc1ccsc1)NCC1(CCOC)CCC1. The van der Waals surface area contributed by atoms with Gasteiger partial charge in [-0.05, 0) is 54.0 Å². The Kier molecular flexibility index (Phi) is 6.51. The Morgan fingerprint density at radius 2 is 2.29 bits per heavy atom. The Hall–Kier alpha value is -1.07. The van der Waals surface area contributed by atoms with Crippen molar-refractivity contribution in [1.29, 1.82) is 0 Å². The van der Waals surface area contributed by atoms with Crippen LogP contribution in [-0.4, -0.2) is 32.8 Å². The molecule has 1 heterocycles. The van der Waals surface area contributed by atoms with Crippen LogP contribution in [0.25, 0.3) is 0 Å². The van der Waals surface area contributed by atoms with Crippen LogP contribution in [0.15, 0.2) is 21.8 Å². The molecule has 0 amide bonds. The van der Waals surface area contributed by atoms with Gasteiger partial charge < -0.3 is 15.4 Å². The second kappa shape index (κ2) is 8.39. The van der Waals surface area contributed by atoms with Crippen LogP contribution < -0.4 is 10.6 Å². The molecule has 0 bridgehead atoms. The second-order valence-electron chi connectivity index (χ2n) is 5.78. The normalized spacial score (nSPS) is 17.3. The van der Waals surface area contributed by atoms with Crippen LogP contribution in [0.4, 0.5) is 0 Å². The van der Waals surface area contributed by atoms with E-state index in [2.05, 4.69) is 39.4 Å². The molecule has 0 aromatic carbocycles. The van der Waals surface area contributed by atoms with Gasteiger partial charge in [-0.3, -0.25) is 0 Å². The van der Waals surface area contributed by atoms with E-state index in [4.69, 9.17) is 4.74 Å². The summed E-state index contributed by atoms with van der Waals surface area (Å²) in [6.45, 7) is 5.58. The molecule has 1 aliphatic carbocycles. The predicted octanol–water partition coefficient (Wildman–Crippen LogP) is 3.01. The molecular weight excluding hydrogens is 282 g/mol. The first-order chi connectivity index (χ1) is 10.3. The van der Waals surface area contributed by atoms with E-state index in [9.17, 15) is 0 Å². The molecule has 0 atom stereocenters. The largest absolute Gasteiger partial charge is 0.385 e. The van der Waals surface area contributed by atoms with Crippen molar-refractivity contribution in [2.45, 2.75) is 39.2 Å². The van der Waals surface area contributed by atoms with Crippen LogP contribution in [-0.2, 0) is 11.3 Å². The monoisotopic (exact) mass is 309 g/mol. The zero-order chi connectivity index (χ0) is 15.0. The number of rotatable bonds is 8. The molecule has 2 N–H and O–H groups in total. The highest BCUT2D eigenvalue weighted by molar-refractivity contribution is 7.07. The zero-order valence-corrected chi connectivity index (χ0v) is 14.0. The summed E-state index contributed by atoms with van der Waals surface area (Å²) in [5, 5.41) is 11.1. The van der Waals surface area contributed by atoms with Gasteiger partial charge in [-0.1, -0.05) is 6.42 Å². The van der Waals surface area contributed by atoms with Crippen LogP contribution in [0.2, 0.25) is 0 Å². The van der Waals surface area contributed by atoms with Crippen LogP contribution in [0, 0.1) is 5.41 Å². The lowest BCUT2D eigenvalue weighted by Crippen LogP contribution is -2.46. The summed E-state index contributed by atoms with van der Waals surface area (Å²) in [4.78, 5) is 4.67. The Balaban J connectivity index is 1.85. The van der Waals surface area contributed by atoms with Crippen molar-refractivity contribution in [2.75, 3.05) is 26.8 Å². The molecule has 0 spiro atoms. The van der Waals surface area contributed by atoms with E-state index in [0.29, 0.717) is 5.41 Å². The van der Waals surface area contributed by atoms with E-state index in [1.165, 1.54) is 24.8 Å². The van der Waals surface area contributed by atoms with Crippen molar-refractivity contribution in [1.82, 2.24) is 10.6 Å². The molecular formula is C16H27N3OS. The van der Waals surface area contributed by atoms with Gasteiger partial charge in [0.1, 0.15) is 0 Å². The van der Waals surface area contributed by atoms with E-state index in [1.807, 2.05) is 0 Å². The van der Waals surface area contributed by atoms with E-state index in [1.54, 1.807) is 18.4 Å². The van der Waals surface area contributed by atoms with Crippen LogP contribution >= 0.6 is 11.3 Å². The second-order valence-corrected chi connectivity index (χ2v) is 6.56. The van der Waals surface area contributed by atoms with Gasteiger partial charge in [0.25, 0.3) is 0 Å². The lowest BCUT2D eigenvalue weighted by molar-refractivity contribution is 0.0732. The summed E-state index contributed by atoms with van der Waals surface area (Å²) in [5.74, 6) is 0.924. The van der Waals surface area contributed by atoms with Crippen LogP contribution in [0.1, 0.15) is 38.2 Å². The highest BCUT2D eigenvalue weighted by atomic mass is 32.1. The first kappa shape index (κ1) is 16.3. The average Bonchev–Trinajstić information content (AvgIpc) is 2.96. The average molecular weight is 309 g/mol. The van der Waals surface area contributed by atoms with Crippen molar-refractivity contribution in [3.05, 3.63) is 22.4 Å². The number of hydrogen-bond donors (Lipinski definition) is 2. The number of thiophene rings is 1. The Labute approximate surface area is 132 Å². The number of methoxy groups -OCH3 is 1. The summed E-state index contributed by atoms with van der Waals surface area (Å²) in [5.41, 5.74) is 1.68. The molecule has 5 heteroatoms. The van der Waals surface area contributed by atoms with Gasteiger partial charge in [-0.25, -0.2) is 4.99 Å². The number of ether oxygens (including phenoxy) is 1. The van der Waals surface area contributed by atoms with E-state index in [0.717, 1.165) is 38.6 Å². The molecule has 1 saturated carbocycles. The van der Waals surface area contributed by atoms with Gasteiger partial charge in [0.05, 0.1) is 6.54 Å². The topological polar surface area (TPSA) is 45.7 Å². The third kappa shape index (κ3) is 5.00. The lowest BCUT2D eigenvalue weighted by Gasteiger charge is -2.42. The number of guanidine groups is 1. The molecule has 0 saturated heterocycles. The molecule has 0 aliphatic heterocycles. The Bertz CT molecular complexity index is 427. The third-order valence-corrected chi connectivity index (χ3v) is 4.96. The summed E-state index contributed by atoms with van der Waals surface area (Å²) < 4.78 is 5.25. The molecule has 1 fully saturated rings. The summed E-state index contributed by atoms with van der Waals surface area (Å²) >= 11 is 1.72. The molecule has 1 aromatic rings. The van der Waals surface area contributed by atoms with Gasteiger partial charge in [0.2, 0.25) is 0 Å². The number of aliphatic imine (C=N–C) groups is 1. The fraction of sp³-hybridized carbons (Fsp3) is 0.688. The van der Waals surface area contributed by atoms with Crippen LogP contribution in [0.3, 0.4) is 0 Å². The highest BCUT2D eigenvalue weighted by Crippen LogP contribution is 2.43. The van der Waals surface area contributed by atoms with Crippen molar-refractivity contribution >= 4 is 17.3 Å². The molecule has 0 radical (unpaired) electrons. The molecule has 4 nitrogen and oxygen atoms in total. The fourth-order valence-corrected chi connectivity index (χ4v) is 3.34. The maximum absolute atomic E-state index is 5.25. The number of nitrogens with one attached hydrogen (secondary N) is 2. The van der Waals surface area contributed by atoms with Gasteiger partial charge in [-0.15, -0.1) is 0 Å². The number of hydrogen-bond acceptors (Lipinski definition) is 3. The smallest absolute Gasteiger partial charge is 0.191 e. The minimum absolute atomic E-state index is 0.411.